The maximum Gasteiger partial charge on any atom is 0.336 e. The Morgan fingerprint density at radius 1 is 1.09 bits per heavy atom. The quantitative estimate of drug-likeness (QED) is 0.347. The number of hydrogen-bond donors (Lipinski definition) is 0. The summed E-state index contributed by atoms with van der Waals surface area (Å²) in [6.07, 6.45) is 7.04. The van der Waals surface area contributed by atoms with Crippen LogP contribution in [0.1, 0.15) is 45.1 Å². The first-order valence-corrected chi connectivity index (χ1v) is 8.25. The Bertz CT molecular complexity index is 437. The second kappa shape index (κ2) is 12.0. The van der Waals surface area contributed by atoms with E-state index in [9.17, 15) is 4.79 Å². The number of ether oxygens (including phenoxy) is 2. The van der Waals surface area contributed by atoms with Crippen molar-refractivity contribution in [2.45, 2.75) is 46.0 Å². The van der Waals surface area contributed by atoms with Crippen molar-refractivity contribution in [3.63, 3.8) is 0 Å². The molecule has 0 aromatic heterocycles. The maximum absolute atomic E-state index is 12.1. The van der Waals surface area contributed by atoms with E-state index in [0.717, 1.165) is 12.8 Å². The second-order valence-corrected chi connectivity index (χ2v) is 5.25. The highest BCUT2D eigenvalue weighted by Gasteiger charge is 2.11. The first-order valence-electron chi connectivity index (χ1n) is 8.25. The smallest absolute Gasteiger partial charge is 0.336 e. The zero-order valence-corrected chi connectivity index (χ0v) is 13.8. The first-order chi connectivity index (χ1) is 10.8. The van der Waals surface area contributed by atoms with Gasteiger partial charge in [0, 0.05) is 6.61 Å². The van der Waals surface area contributed by atoms with Crippen LogP contribution in [0.25, 0.3) is 0 Å². The fourth-order valence-electron chi connectivity index (χ4n) is 2.05. The Labute approximate surface area is 134 Å². The van der Waals surface area contributed by atoms with Crippen LogP contribution in [0.2, 0.25) is 0 Å². The molecule has 0 aliphatic heterocycles. The number of rotatable bonds is 11. The van der Waals surface area contributed by atoms with Crippen molar-refractivity contribution in [1.82, 2.24) is 0 Å². The summed E-state index contributed by atoms with van der Waals surface area (Å²) in [5.74, 6) is -0.249. The molecule has 3 nitrogen and oxygen atoms in total. The van der Waals surface area contributed by atoms with E-state index in [-0.39, 0.29) is 5.97 Å². The van der Waals surface area contributed by atoms with Gasteiger partial charge in [-0.25, -0.2) is 4.79 Å². The van der Waals surface area contributed by atoms with Crippen molar-refractivity contribution < 1.29 is 14.3 Å². The predicted molar refractivity (Wildman–Crippen MR) is 89.8 cm³/mol. The van der Waals surface area contributed by atoms with Crippen molar-refractivity contribution in [3.05, 3.63) is 47.5 Å². The van der Waals surface area contributed by atoms with Crippen LogP contribution in [-0.2, 0) is 20.7 Å². The van der Waals surface area contributed by atoms with Crippen molar-refractivity contribution in [1.29, 1.82) is 0 Å². The van der Waals surface area contributed by atoms with Crippen LogP contribution in [-0.4, -0.2) is 25.8 Å². The molecule has 122 valence electrons. The summed E-state index contributed by atoms with van der Waals surface area (Å²) in [5, 5.41) is 0. The normalized spacial score (nSPS) is 11.5. The van der Waals surface area contributed by atoms with Gasteiger partial charge in [0.1, 0.15) is 0 Å². The van der Waals surface area contributed by atoms with E-state index in [2.05, 4.69) is 6.92 Å². The fraction of sp³-hybridized carbons (Fsp3) is 0.526. The number of carbonyl (C=O) groups is 1. The zero-order chi connectivity index (χ0) is 16.0. The lowest BCUT2D eigenvalue weighted by molar-refractivity contribution is -0.139. The average molecular weight is 304 g/mol. The van der Waals surface area contributed by atoms with Gasteiger partial charge in [-0.1, -0.05) is 62.6 Å². The summed E-state index contributed by atoms with van der Waals surface area (Å²) in [7, 11) is 0. The van der Waals surface area contributed by atoms with E-state index < -0.39 is 0 Å². The SMILES string of the molecule is CCCCCCOC(=O)C(=CCc1ccccc1)COCC. The van der Waals surface area contributed by atoms with Gasteiger partial charge in [0.15, 0.2) is 0 Å². The Kier molecular flexibility index (Phi) is 10.0. The molecule has 0 N–H and O–H groups in total. The summed E-state index contributed by atoms with van der Waals surface area (Å²) < 4.78 is 10.7. The fourth-order valence-corrected chi connectivity index (χ4v) is 2.05. The molecule has 0 amide bonds. The second-order valence-electron chi connectivity index (χ2n) is 5.25. The third-order valence-electron chi connectivity index (χ3n) is 3.38. The van der Waals surface area contributed by atoms with Crippen LogP contribution < -0.4 is 0 Å². The molecule has 1 rings (SSSR count). The molecule has 0 saturated heterocycles. The largest absolute Gasteiger partial charge is 0.462 e. The van der Waals surface area contributed by atoms with Crippen LogP contribution in [0.4, 0.5) is 0 Å². The van der Waals surface area contributed by atoms with Crippen LogP contribution in [0, 0.1) is 0 Å². The average Bonchev–Trinajstić information content (AvgIpc) is 2.55. The molecule has 0 saturated carbocycles. The highest BCUT2D eigenvalue weighted by Crippen LogP contribution is 2.07. The zero-order valence-electron chi connectivity index (χ0n) is 13.8. The molecule has 0 heterocycles. The summed E-state index contributed by atoms with van der Waals surface area (Å²) in [6, 6.07) is 10.1. The van der Waals surface area contributed by atoms with E-state index in [1.807, 2.05) is 43.3 Å². The van der Waals surface area contributed by atoms with E-state index in [1.165, 1.54) is 18.4 Å². The van der Waals surface area contributed by atoms with Crippen molar-refractivity contribution >= 4 is 5.97 Å². The Balaban J connectivity index is 2.49. The standard InChI is InChI=1S/C19H28O3/c1-3-5-6-10-15-22-19(20)18(16-21-4-2)14-13-17-11-8-7-9-12-17/h7-9,11-12,14H,3-6,10,13,15-16H2,1-2H3. The number of allylic oxidation sites excluding steroid dienone is 1. The van der Waals surface area contributed by atoms with Gasteiger partial charge in [0.2, 0.25) is 0 Å². The Hall–Kier alpha value is -1.61. The summed E-state index contributed by atoms with van der Waals surface area (Å²) in [5.41, 5.74) is 1.79. The lowest BCUT2D eigenvalue weighted by Gasteiger charge is -2.09. The van der Waals surface area contributed by atoms with Crippen LogP contribution in [0.3, 0.4) is 0 Å². The molecule has 1 aromatic rings. The third kappa shape index (κ3) is 7.99. The van der Waals surface area contributed by atoms with Gasteiger partial charge in [-0.05, 0) is 25.3 Å². The molecule has 0 spiro atoms. The highest BCUT2D eigenvalue weighted by atomic mass is 16.5. The van der Waals surface area contributed by atoms with Crippen LogP contribution >= 0.6 is 0 Å². The Morgan fingerprint density at radius 2 is 1.86 bits per heavy atom. The van der Waals surface area contributed by atoms with Crippen molar-refractivity contribution in [2.24, 2.45) is 0 Å². The van der Waals surface area contributed by atoms with E-state index in [0.29, 0.717) is 31.8 Å². The number of benzene rings is 1. The van der Waals surface area contributed by atoms with E-state index in [4.69, 9.17) is 9.47 Å². The minimum atomic E-state index is -0.249. The molecular formula is C19H28O3. The number of hydrogen-bond acceptors (Lipinski definition) is 3. The first kappa shape index (κ1) is 18.4. The van der Waals surface area contributed by atoms with Gasteiger partial charge < -0.3 is 9.47 Å². The minimum absolute atomic E-state index is 0.249. The number of esters is 1. The van der Waals surface area contributed by atoms with E-state index in [1.54, 1.807) is 0 Å². The van der Waals surface area contributed by atoms with Crippen molar-refractivity contribution in [3.8, 4) is 0 Å². The summed E-state index contributed by atoms with van der Waals surface area (Å²) >= 11 is 0. The molecule has 0 aliphatic rings. The summed E-state index contributed by atoms with van der Waals surface area (Å²) in [6.45, 7) is 5.49. The van der Waals surface area contributed by atoms with Gasteiger partial charge in [-0.3, -0.25) is 0 Å². The van der Waals surface area contributed by atoms with Crippen LogP contribution in [0.15, 0.2) is 42.0 Å². The van der Waals surface area contributed by atoms with Gasteiger partial charge in [0.25, 0.3) is 0 Å². The van der Waals surface area contributed by atoms with Gasteiger partial charge >= 0.3 is 5.97 Å². The summed E-state index contributed by atoms with van der Waals surface area (Å²) in [4.78, 5) is 12.1. The monoisotopic (exact) mass is 304 g/mol. The molecule has 22 heavy (non-hydrogen) atoms. The van der Waals surface area contributed by atoms with E-state index >= 15 is 0 Å². The molecule has 0 bridgehead atoms. The van der Waals surface area contributed by atoms with Gasteiger partial charge in [-0.2, -0.15) is 0 Å². The molecule has 3 heteroatoms. The lowest BCUT2D eigenvalue weighted by Crippen LogP contribution is -2.14. The molecular weight excluding hydrogens is 276 g/mol. The predicted octanol–water partition coefficient (Wildman–Crippen LogP) is 4.32. The van der Waals surface area contributed by atoms with Gasteiger partial charge in [-0.15, -0.1) is 0 Å². The highest BCUT2D eigenvalue weighted by molar-refractivity contribution is 5.88. The molecule has 0 aliphatic carbocycles. The third-order valence-corrected chi connectivity index (χ3v) is 3.38. The van der Waals surface area contributed by atoms with Gasteiger partial charge in [0.05, 0.1) is 18.8 Å². The maximum atomic E-state index is 12.1. The number of unbranched alkanes of at least 4 members (excludes halogenated alkanes) is 3. The molecule has 0 atom stereocenters. The minimum Gasteiger partial charge on any atom is -0.462 e. The molecule has 1 aromatic carbocycles. The molecule has 0 unspecified atom stereocenters. The topological polar surface area (TPSA) is 35.5 Å². The van der Waals surface area contributed by atoms with Crippen LogP contribution in [0.5, 0.6) is 0 Å². The molecule has 0 fully saturated rings. The molecule has 0 radical (unpaired) electrons. The number of carbonyl (C=O) groups excluding carboxylic acids is 1. The Morgan fingerprint density at radius 3 is 2.55 bits per heavy atom. The lowest BCUT2D eigenvalue weighted by atomic mass is 10.1. The van der Waals surface area contributed by atoms with Crippen molar-refractivity contribution in [2.75, 3.05) is 19.8 Å².